The first-order valence-electron chi connectivity index (χ1n) is 10.4. The highest BCUT2D eigenvalue weighted by Crippen LogP contribution is 2.33. The number of nitrogens with zero attached hydrogens (tertiary/aromatic N) is 4. The van der Waals surface area contributed by atoms with E-state index in [0.29, 0.717) is 44.8 Å². The summed E-state index contributed by atoms with van der Waals surface area (Å²) < 4.78 is 7.40. The molecule has 0 unspecified atom stereocenters. The molecule has 0 atom stereocenters. The van der Waals surface area contributed by atoms with Crippen LogP contribution < -0.4 is 5.32 Å². The normalized spacial score (nSPS) is 11.1. The van der Waals surface area contributed by atoms with Crippen LogP contribution in [-0.2, 0) is 5.75 Å². The van der Waals surface area contributed by atoms with E-state index in [1.807, 2.05) is 16.7 Å². The number of amides is 1. The van der Waals surface area contributed by atoms with E-state index >= 15 is 0 Å². The maximum absolute atomic E-state index is 12.3. The molecule has 3 aromatic heterocycles. The summed E-state index contributed by atoms with van der Waals surface area (Å²) in [7, 11) is 0. The van der Waals surface area contributed by atoms with Gasteiger partial charge < -0.3 is 9.73 Å². The average molecular weight is 522 g/mol. The molecule has 1 aromatic carbocycles. The van der Waals surface area contributed by atoms with Crippen LogP contribution in [0, 0.1) is 0 Å². The summed E-state index contributed by atoms with van der Waals surface area (Å²) in [6.07, 6.45) is 4.76. The number of rotatable bonds is 10. The molecule has 3 heterocycles. The largest absolute Gasteiger partial charge is 0.461 e. The first-order valence-corrected chi connectivity index (χ1v) is 13.0. The summed E-state index contributed by atoms with van der Waals surface area (Å²) in [6.45, 7) is 2.79. The zero-order chi connectivity index (χ0) is 23.2. The van der Waals surface area contributed by atoms with E-state index in [4.69, 9.17) is 27.6 Å². The Labute approximate surface area is 209 Å². The van der Waals surface area contributed by atoms with Gasteiger partial charge in [0.1, 0.15) is 10.7 Å². The minimum atomic E-state index is -0.141. The van der Waals surface area contributed by atoms with Gasteiger partial charge in [-0.3, -0.25) is 9.36 Å². The number of hydrogen-bond acceptors (Lipinski definition) is 7. The number of hydrogen-bond donors (Lipinski definition) is 1. The fraction of sp³-hybridized carbons (Fsp3) is 0.273. The van der Waals surface area contributed by atoms with Gasteiger partial charge in [-0.1, -0.05) is 54.7 Å². The molecule has 172 valence electrons. The number of furan rings is 1. The fourth-order valence-electron chi connectivity index (χ4n) is 3.06. The third kappa shape index (κ3) is 5.78. The van der Waals surface area contributed by atoms with Crippen molar-refractivity contribution in [2.24, 2.45) is 0 Å². The molecule has 0 saturated heterocycles. The summed E-state index contributed by atoms with van der Waals surface area (Å²) in [5.41, 5.74) is 1.20. The number of thioether (sulfide) groups is 1. The lowest BCUT2D eigenvalue weighted by atomic mass is 10.2. The highest BCUT2D eigenvalue weighted by atomic mass is 35.5. The van der Waals surface area contributed by atoms with Crippen molar-refractivity contribution in [1.82, 2.24) is 25.1 Å². The average Bonchev–Trinajstić information content (AvgIpc) is 3.57. The van der Waals surface area contributed by atoms with Crippen molar-refractivity contribution in [3.63, 3.8) is 0 Å². The molecule has 0 fully saturated rings. The van der Waals surface area contributed by atoms with Gasteiger partial charge >= 0.3 is 0 Å². The van der Waals surface area contributed by atoms with E-state index < -0.39 is 0 Å². The summed E-state index contributed by atoms with van der Waals surface area (Å²) >= 11 is 15.3. The second kappa shape index (κ2) is 11.2. The lowest BCUT2D eigenvalue weighted by Crippen LogP contribution is -2.24. The Kier molecular flexibility index (Phi) is 8.08. The van der Waals surface area contributed by atoms with Crippen LogP contribution >= 0.6 is 46.3 Å². The number of unbranched alkanes of at least 4 members (excludes halogenated alkanes) is 2. The van der Waals surface area contributed by atoms with Gasteiger partial charge in [-0.15, -0.1) is 21.5 Å². The predicted molar refractivity (Wildman–Crippen MR) is 133 cm³/mol. The molecule has 11 heteroatoms. The van der Waals surface area contributed by atoms with Crippen molar-refractivity contribution in [1.29, 1.82) is 0 Å². The van der Waals surface area contributed by atoms with Crippen LogP contribution in [0.3, 0.4) is 0 Å². The lowest BCUT2D eigenvalue weighted by Gasteiger charge is -2.10. The molecule has 0 saturated carbocycles. The van der Waals surface area contributed by atoms with Crippen molar-refractivity contribution in [2.75, 3.05) is 6.54 Å². The van der Waals surface area contributed by atoms with Crippen molar-refractivity contribution in [2.45, 2.75) is 37.1 Å². The Bertz CT molecular complexity index is 1220. The van der Waals surface area contributed by atoms with E-state index in [-0.39, 0.29) is 5.91 Å². The van der Waals surface area contributed by atoms with Crippen LogP contribution in [0.4, 0.5) is 0 Å². The van der Waals surface area contributed by atoms with E-state index in [1.54, 1.807) is 29.8 Å². The topological polar surface area (TPSA) is 85.8 Å². The Hall–Kier alpha value is -2.33. The Morgan fingerprint density at radius 1 is 1.21 bits per heavy atom. The van der Waals surface area contributed by atoms with Gasteiger partial charge in [0.25, 0.3) is 5.91 Å². The maximum atomic E-state index is 12.3. The van der Waals surface area contributed by atoms with Crippen LogP contribution in [0.1, 0.15) is 41.7 Å². The predicted octanol–water partition coefficient (Wildman–Crippen LogP) is 6.50. The van der Waals surface area contributed by atoms with Crippen molar-refractivity contribution < 1.29 is 9.21 Å². The van der Waals surface area contributed by atoms with Gasteiger partial charge in [-0.2, -0.15) is 0 Å². The minimum Gasteiger partial charge on any atom is -0.461 e. The third-order valence-corrected chi connectivity index (χ3v) is 7.42. The quantitative estimate of drug-likeness (QED) is 0.189. The van der Waals surface area contributed by atoms with Crippen molar-refractivity contribution in [3.8, 4) is 17.3 Å². The zero-order valence-corrected chi connectivity index (χ0v) is 20.9. The molecular weight excluding hydrogens is 501 g/mol. The van der Waals surface area contributed by atoms with Crippen LogP contribution in [0.5, 0.6) is 0 Å². The molecule has 0 aliphatic carbocycles. The number of aromatic nitrogens is 4. The molecule has 7 nitrogen and oxygen atoms in total. The van der Waals surface area contributed by atoms with Gasteiger partial charge in [-0.05, 0) is 36.8 Å². The molecule has 1 N–H and O–H groups in total. The molecule has 0 bridgehead atoms. The third-order valence-electron chi connectivity index (χ3n) is 4.71. The summed E-state index contributed by atoms with van der Waals surface area (Å²) in [6, 6.07) is 8.94. The summed E-state index contributed by atoms with van der Waals surface area (Å²) in [5.74, 6) is 1.52. The van der Waals surface area contributed by atoms with Crippen LogP contribution in [0.25, 0.3) is 17.3 Å². The van der Waals surface area contributed by atoms with Crippen LogP contribution in [0.15, 0.2) is 51.5 Å². The molecule has 0 radical (unpaired) electrons. The highest BCUT2D eigenvalue weighted by Gasteiger charge is 2.19. The number of thiazole rings is 1. The van der Waals surface area contributed by atoms with Gasteiger partial charge in [0, 0.05) is 11.9 Å². The summed E-state index contributed by atoms with van der Waals surface area (Å²) in [5, 5.41) is 15.7. The van der Waals surface area contributed by atoms with Crippen LogP contribution in [-0.4, -0.2) is 32.2 Å². The zero-order valence-electron chi connectivity index (χ0n) is 17.8. The molecular formula is C22H21Cl2N5O2S2. The fourth-order valence-corrected chi connectivity index (χ4v) is 5.10. The van der Waals surface area contributed by atoms with Crippen LogP contribution in [0.2, 0.25) is 10.0 Å². The minimum absolute atomic E-state index is 0.141. The number of halogens is 2. The van der Waals surface area contributed by atoms with E-state index in [9.17, 15) is 4.79 Å². The van der Waals surface area contributed by atoms with Crippen molar-refractivity contribution in [3.05, 3.63) is 62.7 Å². The van der Waals surface area contributed by atoms with Gasteiger partial charge in [-0.25, -0.2) is 4.98 Å². The van der Waals surface area contributed by atoms with E-state index in [0.717, 1.165) is 30.0 Å². The number of carbonyl (C=O) groups is 1. The molecule has 33 heavy (non-hydrogen) atoms. The Morgan fingerprint density at radius 2 is 2.09 bits per heavy atom. The number of nitrogens with one attached hydrogen (secondary N) is 1. The maximum Gasteiger partial charge on any atom is 0.270 e. The van der Waals surface area contributed by atoms with Gasteiger partial charge in [0.05, 0.1) is 27.7 Å². The second-order valence-corrected chi connectivity index (χ2v) is 9.80. The Balaban J connectivity index is 1.52. The smallest absolute Gasteiger partial charge is 0.270 e. The molecule has 1 amide bonds. The van der Waals surface area contributed by atoms with E-state index in [1.165, 1.54) is 23.1 Å². The van der Waals surface area contributed by atoms with Crippen molar-refractivity contribution >= 4 is 52.2 Å². The lowest BCUT2D eigenvalue weighted by molar-refractivity contribution is 0.0948. The number of benzene rings is 1. The summed E-state index contributed by atoms with van der Waals surface area (Å²) in [4.78, 5) is 16.8. The number of carbonyl (C=O) groups excluding carboxylic acids is 1. The molecule has 4 aromatic rings. The highest BCUT2D eigenvalue weighted by molar-refractivity contribution is 7.98. The molecule has 0 spiro atoms. The SMILES string of the molecule is CCCCCNC(=O)c1csc(CSc2nnc(-c3ccco3)n2-c2ccc(Cl)c(Cl)c2)n1. The Morgan fingerprint density at radius 3 is 2.85 bits per heavy atom. The standard InChI is InChI=1S/C22H21Cl2N5O2S2/c1-2-3-4-9-25-21(30)17-12-32-19(26-17)13-33-22-28-27-20(18-6-5-10-31-18)29(22)14-7-8-15(23)16(24)11-14/h5-8,10-12H,2-4,9,13H2,1H3,(H,25,30). The second-order valence-electron chi connectivity index (χ2n) is 7.10. The monoisotopic (exact) mass is 521 g/mol. The molecule has 4 rings (SSSR count). The van der Waals surface area contributed by atoms with Gasteiger partial charge in [0.2, 0.25) is 5.82 Å². The first kappa shape index (κ1) is 23.8. The van der Waals surface area contributed by atoms with Gasteiger partial charge in [0.15, 0.2) is 10.9 Å². The molecule has 0 aliphatic rings. The van der Waals surface area contributed by atoms with E-state index in [2.05, 4.69) is 27.4 Å². The first-order chi connectivity index (χ1) is 16.1. The molecule has 0 aliphatic heterocycles.